The van der Waals surface area contributed by atoms with E-state index >= 15 is 0 Å². The number of hydrogen-bond acceptors (Lipinski definition) is 4. The molecular weight excluding hydrogens is 336 g/mol. The predicted molar refractivity (Wildman–Crippen MR) is 109 cm³/mol. The van der Waals surface area contributed by atoms with Crippen LogP contribution in [0.4, 0.5) is 5.69 Å². The summed E-state index contributed by atoms with van der Waals surface area (Å²) >= 11 is 0. The molecule has 144 valence electrons. The zero-order valence-electron chi connectivity index (χ0n) is 16.7. The Morgan fingerprint density at radius 3 is 2.63 bits per heavy atom. The van der Waals surface area contributed by atoms with Gasteiger partial charge < -0.3 is 14.4 Å². The summed E-state index contributed by atoms with van der Waals surface area (Å²) in [5.41, 5.74) is 5.33. The van der Waals surface area contributed by atoms with E-state index in [1.54, 1.807) is 0 Å². The van der Waals surface area contributed by atoms with E-state index in [1.165, 1.54) is 22.4 Å². The Hall–Kier alpha value is -2.04. The second-order valence-electron chi connectivity index (χ2n) is 8.38. The van der Waals surface area contributed by atoms with E-state index in [1.807, 2.05) is 0 Å². The maximum atomic E-state index is 6.00. The molecule has 4 rings (SSSR count). The van der Waals surface area contributed by atoms with Crippen molar-refractivity contribution in [2.24, 2.45) is 0 Å². The standard InChI is InChI=1S/C23H30N2O2/c1-23(2)15-20-14-18(8-9-22(20)27-23)16-24(3)17-19-6-4-5-7-21(19)25-10-12-26-13-11-25/h4-9,14H,10-13,15-17H2,1-3H3. The lowest BCUT2D eigenvalue weighted by atomic mass is 10.00. The summed E-state index contributed by atoms with van der Waals surface area (Å²) in [6, 6.07) is 15.4. The minimum absolute atomic E-state index is 0.0794. The Morgan fingerprint density at radius 2 is 1.81 bits per heavy atom. The molecule has 4 nitrogen and oxygen atoms in total. The molecule has 2 heterocycles. The second-order valence-corrected chi connectivity index (χ2v) is 8.38. The number of para-hydroxylation sites is 1. The van der Waals surface area contributed by atoms with Crippen LogP contribution in [0.25, 0.3) is 0 Å². The van der Waals surface area contributed by atoms with Crippen molar-refractivity contribution in [3.8, 4) is 5.75 Å². The van der Waals surface area contributed by atoms with Crippen LogP contribution in [0.15, 0.2) is 42.5 Å². The first-order chi connectivity index (χ1) is 13.0. The Bertz CT molecular complexity index is 797. The molecule has 27 heavy (non-hydrogen) atoms. The number of rotatable bonds is 5. The number of fused-ring (bicyclic) bond motifs is 1. The van der Waals surface area contributed by atoms with Gasteiger partial charge in [-0.1, -0.05) is 30.3 Å². The fourth-order valence-electron chi connectivity index (χ4n) is 4.18. The molecule has 0 unspecified atom stereocenters. The molecule has 0 saturated carbocycles. The third kappa shape index (κ3) is 4.28. The van der Waals surface area contributed by atoms with E-state index in [2.05, 4.69) is 73.2 Å². The molecule has 2 aliphatic rings. The van der Waals surface area contributed by atoms with Crippen molar-refractivity contribution in [1.29, 1.82) is 0 Å². The molecule has 1 saturated heterocycles. The summed E-state index contributed by atoms with van der Waals surface area (Å²) in [6.45, 7) is 9.76. The van der Waals surface area contributed by atoms with Gasteiger partial charge in [-0.15, -0.1) is 0 Å². The van der Waals surface area contributed by atoms with Gasteiger partial charge in [-0.25, -0.2) is 0 Å². The van der Waals surface area contributed by atoms with Crippen LogP contribution in [0.3, 0.4) is 0 Å². The van der Waals surface area contributed by atoms with Crippen LogP contribution in [0.1, 0.15) is 30.5 Å². The minimum Gasteiger partial charge on any atom is -0.487 e. The molecule has 2 aliphatic heterocycles. The van der Waals surface area contributed by atoms with Gasteiger partial charge in [0.05, 0.1) is 13.2 Å². The zero-order valence-corrected chi connectivity index (χ0v) is 16.7. The third-order valence-electron chi connectivity index (χ3n) is 5.36. The molecule has 2 aromatic rings. The molecule has 0 radical (unpaired) electrons. The van der Waals surface area contributed by atoms with Crippen molar-refractivity contribution in [1.82, 2.24) is 4.90 Å². The molecule has 0 spiro atoms. The molecule has 2 aromatic carbocycles. The van der Waals surface area contributed by atoms with Crippen LogP contribution in [-0.2, 0) is 24.2 Å². The lowest BCUT2D eigenvalue weighted by Gasteiger charge is -2.31. The number of benzene rings is 2. The second kappa shape index (κ2) is 7.53. The highest BCUT2D eigenvalue weighted by Gasteiger charge is 2.29. The molecule has 0 amide bonds. The van der Waals surface area contributed by atoms with E-state index in [0.717, 1.165) is 51.6 Å². The number of ether oxygens (including phenoxy) is 2. The molecule has 0 atom stereocenters. The smallest absolute Gasteiger partial charge is 0.123 e. The lowest BCUT2D eigenvalue weighted by molar-refractivity contribution is 0.122. The first-order valence-electron chi connectivity index (χ1n) is 9.90. The van der Waals surface area contributed by atoms with Gasteiger partial charge in [-0.3, -0.25) is 4.90 Å². The van der Waals surface area contributed by atoms with Crippen LogP contribution in [0.5, 0.6) is 5.75 Å². The molecule has 4 heteroatoms. The van der Waals surface area contributed by atoms with Crippen molar-refractivity contribution >= 4 is 5.69 Å². The average Bonchev–Trinajstić information content (AvgIpc) is 2.96. The maximum Gasteiger partial charge on any atom is 0.123 e. The van der Waals surface area contributed by atoms with Crippen molar-refractivity contribution < 1.29 is 9.47 Å². The van der Waals surface area contributed by atoms with Gasteiger partial charge in [0, 0.05) is 38.3 Å². The quantitative estimate of drug-likeness (QED) is 0.802. The van der Waals surface area contributed by atoms with Gasteiger partial charge in [0.2, 0.25) is 0 Å². The van der Waals surface area contributed by atoms with E-state index in [9.17, 15) is 0 Å². The predicted octanol–water partition coefficient (Wildman–Crippen LogP) is 3.87. The molecule has 0 bridgehead atoms. The van der Waals surface area contributed by atoms with Crippen molar-refractivity contribution in [2.75, 3.05) is 38.3 Å². The summed E-state index contributed by atoms with van der Waals surface area (Å²) in [5.74, 6) is 1.05. The van der Waals surface area contributed by atoms with Gasteiger partial charge in [-0.05, 0) is 49.7 Å². The van der Waals surface area contributed by atoms with Gasteiger partial charge in [0.1, 0.15) is 11.4 Å². The van der Waals surface area contributed by atoms with Gasteiger partial charge >= 0.3 is 0 Å². The van der Waals surface area contributed by atoms with Gasteiger partial charge in [0.25, 0.3) is 0 Å². The summed E-state index contributed by atoms with van der Waals surface area (Å²) < 4.78 is 11.5. The van der Waals surface area contributed by atoms with E-state index in [-0.39, 0.29) is 5.60 Å². The highest BCUT2D eigenvalue weighted by molar-refractivity contribution is 5.54. The van der Waals surface area contributed by atoms with Crippen LogP contribution in [0.2, 0.25) is 0 Å². The van der Waals surface area contributed by atoms with E-state index in [4.69, 9.17) is 9.47 Å². The van der Waals surface area contributed by atoms with Crippen molar-refractivity contribution in [3.05, 3.63) is 59.2 Å². The molecule has 1 fully saturated rings. The van der Waals surface area contributed by atoms with E-state index in [0.29, 0.717) is 0 Å². The largest absolute Gasteiger partial charge is 0.487 e. The topological polar surface area (TPSA) is 24.9 Å². The summed E-state index contributed by atoms with van der Waals surface area (Å²) in [5, 5.41) is 0. The third-order valence-corrected chi connectivity index (χ3v) is 5.36. The number of nitrogens with zero attached hydrogens (tertiary/aromatic N) is 2. The van der Waals surface area contributed by atoms with Crippen molar-refractivity contribution in [2.45, 2.75) is 39.0 Å². The Kier molecular flexibility index (Phi) is 5.11. The Balaban J connectivity index is 1.44. The number of anilines is 1. The Morgan fingerprint density at radius 1 is 1.04 bits per heavy atom. The Labute approximate surface area is 162 Å². The van der Waals surface area contributed by atoms with Crippen LogP contribution in [-0.4, -0.2) is 43.9 Å². The normalized spacial score (nSPS) is 18.4. The SMILES string of the molecule is CN(Cc1ccc2c(c1)CC(C)(C)O2)Cc1ccccc1N1CCOCC1. The van der Waals surface area contributed by atoms with Gasteiger partial charge in [0.15, 0.2) is 0 Å². The van der Waals surface area contributed by atoms with Crippen LogP contribution >= 0.6 is 0 Å². The van der Waals surface area contributed by atoms with Crippen molar-refractivity contribution in [3.63, 3.8) is 0 Å². The van der Waals surface area contributed by atoms with E-state index < -0.39 is 0 Å². The van der Waals surface area contributed by atoms with Crippen LogP contribution in [0, 0.1) is 0 Å². The zero-order chi connectivity index (χ0) is 18.9. The summed E-state index contributed by atoms with van der Waals surface area (Å²) in [4.78, 5) is 4.84. The first kappa shape index (κ1) is 18.3. The number of morpholine rings is 1. The molecular formula is C23H30N2O2. The van der Waals surface area contributed by atoms with Crippen LogP contribution < -0.4 is 9.64 Å². The number of hydrogen-bond donors (Lipinski definition) is 0. The average molecular weight is 367 g/mol. The summed E-state index contributed by atoms with van der Waals surface area (Å²) in [7, 11) is 2.20. The molecule has 0 aliphatic carbocycles. The monoisotopic (exact) mass is 366 g/mol. The van der Waals surface area contributed by atoms with Gasteiger partial charge in [-0.2, -0.15) is 0 Å². The summed E-state index contributed by atoms with van der Waals surface area (Å²) in [6.07, 6.45) is 0.986. The molecule has 0 N–H and O–H groups in total. The lowest BCUT2D eigenvalue weighted by Crippen LogP contribution is -2.37. The first-order valence-corrected chi connectivity index (χ1v) is 9.90. The highest BCUT2D eigenvalue weighted by Crippen LogP contribution is 2.35. The highest BCUT2D eigenvalue weighted by atomic mass is 16.5. The fourth-order valence-corrected chi connectivity index (χ4v) is 4.18. The fraction of sp³-hybridized carbons (Fsp3) is 0.478. The minimum atomic E-state index is -0.0794. The maximum absolute atomic E-state index is 6.00. The molecule has 0 aromatic heterocycles.